The minimum Gasteiger partial charge on any atom is -0.320 e. The van der Waals surface area contributed by atoms with Crippen molar-refractivity contribution >= 4 is 17.7 Å². The number of nitrogens with zero attached hydrogens (tertiary/aromatic N) is 1. The van der Waals surface area contributed by atoms with E-state index in [1.807, 2.05) is 11.8 Å². The average molecular weight is 306 g/mol. The molecule has 0 spiro atoms. The Kier molecular flexibility index (Phi) is 4.69. The molecule has 1 saturated heterocycles. The monoisotopic (exact) mass is 306 g/mol. The van der Waals surface area contributed by atoms with Gasteiger partial charge in [-0.1, -0.05) is 23.8 Å². The van der Waals surface area contributed by atoms with Crippen molar-refractivity contribution in [3.8, 4) is 0 Å². The van der Waals surface area contributed by atoms with Crippen molar-refractivity contribution in [1.29, 1.82) is 0 Å². The maximum Gasteiger partial charge on any atom is 0.241 e. The summed E-state index contributed by atoms with van der Waals surface area (Å²) < 4.78 is 0.0530. The molecule has 1 heterocycles. The van der Waals surface area contributed by atoms with E-state index in [2.05, 4.69) is 57.5 Å². The van der Waals surface area contributed by atoms with Crippen LogP contribution in [0.2, 0.25) is 0 Å². The highest BCUT2D eigenvalue weighted by Crippen LogP contribution is 2.32. The number of hydrogen-bond donors (Lipinski definition) is 1. The van der Waals surface area contributed by atoms with E-state index in [9.17, 15) is 4.79 Å². The van der Waals surface area contributed by atoms with Crippen molar-refractivity contribution in [2.45, 2.75) is 51.6 Å². The standard InChI is InChI=1S/C17H26N2OS/c1-11-7-8-12(2)14(9-11)15-18-13(3)16(20)19(15)10-17(4,5)21-6/h7-9,13,15,18H,10H2,1-6H3. The summed E-state index contributed by atoms with van der Waals surface area (Å²) in [5.74, 6) is 0.197. The Hall–Kier alpha value is -1.00. The molecule has 21 heavy (non-hydrogen) atoms. The first-order valence-corrected chi connectivity index (χ1v) is 8.66. The highest BCUT2D eigenvalue weighted by atomic mass is 32.2. The third-order valence-electron chi connectivity index (χ3n) is 4.21. The summed E-state index contributed by atoms with van der Waals surface area (Å²) >= 11 is 1.80. The molecule has 1 N–H and O–H groups in total. The molecule has 2 rings (SSSR count). The molecular formula is C17H26N2OS. The van der Waals surface area contributed by atoms with Gasteiger partial charge in [0, 0.05) is 11.3 Å². The smallest absolute Gasteiger partial charge is 0.241 e. The lowest BCUT2D eigenvalue weighted by molar-refractivity contribution is -0.130. The van der Waals surface area contributed by atoms with Crippen LogP contribution in [0.5, 0.6) is 0 Å². The number of nitrogens with one attached hydrogen (secondary N) is 1. The van der Waals surface area contributed by atoms with Crippen LogP contribution in [0.15, 0.2) is 18.2 Å². The van der Waals surface area contributed by atoms with Crippen molar-refractivity contribution in [2.24, 2.45) is 0 Å². The third kappa shape index (κ3) is 3.43. The van der Waals surface area contributed by atoms with E-state index in [1.54, 1.807) is 11.8 Å². The zero-order valence-electron chi connectivity index (χ0n) is 13.9. The van der Waals surface area contributed by atoms with Crippen molar-refractivity contribution in [2.75, 3.05) is 12.8 Å². The molecular weight excluding hydrogens is 280 g/mol. The van der Waals surface area contributed by atoms with Gasteiger partial charge in [0.2, 0.25) is 5.91 Å². The van der Waals surface area contributed by atoms with E-state index in [0.29, 0.717) is 0 Å². The van der Waals surface area contributed by atoms with Gasteiger partial charge in [-0.25, -0.2) is 0 Å². The number of carbonyl (C=O) groups is 1. The summed E-state index contributed by atoms with van der Waals surface area (Å²) in [6.07, 6.45) is 2.09. The first kappa shape index (κ1) is 16.4. The summed E-state index contributed by atoms with van der Waals surface area (Å²) in [5, 5.41) is 3.45. The number of thioether (sulfide) groups is 1. The molecule has 116 valence electrons. The number of carbonyl (C=O) groups excluding carboxylic acids is 1. The summed E-state index contributed by atoms with van der Waals surface area (Å²) in [7, 11) is 0. The second-order valence-electron chi connectivity index (χ2n) is 6.58. The van der Waals surface area contributed by atoms with Gasteiger partial charge in [0.15, 0.2) is 0 Å². The van der Waals surface area contributed by atoms with Gasteiger partial charge in [0.05, 0.1) is 6.04 Å². The molecule has 1 aliphatic rings. The fourth-order valence-corrected chi connectivity index (χ4v) is 3.00. The molecule has 1 aromatic rings. The lowest BCUT2D eigenvalue weighted by atomic mass is 10.0. The van der Waals surface area contributed by atoms with Gasteiger partial charge >= 0.3 is 0 Å². The quantitative estimate of drug-likeness (QED) is 0.926. The van der Waals surface area contributed by atoms with E-state index >= 15 is 0 Å². The topological polar surface area (TPSA) is 32.3 Å². The minimum absolute atomic E-state index is 0.0150. The van der Waals surface area contributed by atoms with Gasteiger partial charge in [-0.05, 0) is 52.0 Å². The molecule has 1 aliphatic heterocycles. The average Bonchev–Trinajstić information content (AvgIpc) is 2.69. The molecule has 0 radical (unpaired) electrons. The maximum atomic E-state index is 12.5. The molecule has 2 unspecified atom stereocenters. The zero-order chi connectivity index (χ0) is 15.8. The summed E-state index contributed by atoms with van der Waals surface area (Å²) in [5.41, 5.74) is 3.67. The van der Waals surface area contributed by atoms with Crippen molar-refractivity contribution in [3.05, 3.63) is 34.9 Å². The molecule has 3 nitrogen and oxygen atoms in total. The molecule has 1 aromatic carbocycles. The molecule has 1 amide bonds. The van der Waals surface area contributed by atoms with Crippen LogP contribution in [-0.4, -0.2) is 34.4 Å². The Morgan fingerprint density at radius 2 is 2.00 bits per heavy atom. The number of amides is 1. The summed E-state index contributed by atoms with van der Waals surface area (Å²) in [6, 6.07) is 6.33. The van der Waals surface area contributed by atoms with E-state index in [1.165, 1.54) is 16.7 Å². The fourth-order valence-electron chi connectivity index (χ4n) is 2.73. The van der Waals surface area contributed by atoms with Crippen LogP contribution in [0.4, 0.5) is 0 Å². The van der Waals surface area contributed by atoms with Gasteiger partial charge in [-0.2, -0.15) is 11.8 Å². The van der Waals surface area contributed by atoms with E-state index in [4.69, 9.17) is 0 Å². The Labute approximate surface area is 132 Å². The first-order chi connectivity index (χ1) is 9.75. The van der Waals surface area contributed by atoms with Crippen LogP contribution in [-0.2, 0) is 4.79 Å². The number of rotatable bonds is 4. The Morgan fingerprint density at radius 3 is 2.62 bits per heavy atom. The molecule has 1 fully saturated rings. The first-order valence-electron chi connectivity index (χ1n) is 7.44. The number of benzene rings is 1. The normalized spacial score (nSPS) is 23.0. The minimum atomic E-state index is -0.118. The maximum absolute atomic E-state index is 12.5. The molecule has 4 heteroatoms. The van der Waals surface area contributed by atoms with Crippen molar-refractivity contribution < 1.29 is 4.79 Å². The lowest BCUT2D eigenvalue weighted by Gasteiger charge is -2.33. The second-order valence-corrected chi connectivity index (χ2v) is 8.09. The van der Waals surface area contributed by atoms with Crippen LogP contribution < -0.4 is 5.32 Å². The van der Waals surface area contributed by atoms with E-state index in [-0.39, 0.29) is 22.9 Å². The van der Waals surface area contributed by atoms with Gasteiger partial charge in [-0.15, -0.1) is 0 Å². The Balaban J connectivity index is 2.36. The SMILES string of the molecule is CSC(C)(C)CN1C(=O)C(C)NC1c1cc(C)ccc1C. The predicted molar refractivity (Wildman–Crippen MR) is 90.6 cm³/mol. The molecule has 0 saturated carbocycles. The fraction of sp³-hybridized carbons (Fsp3) is 0.588. The largest absolute Gasteiger partial charge is 0.320 e. The highest BCUT2D eigenvalue weighted by Gasteiger charge is 2.40. The number of aryl methyl sites for hydroxylation is 2. The molecule has 2 atom stereocenters. The predicted octanol–water partition coefficient (Wildman–Crippen LogP) is 3.26. The van der Waals surface area contributed by atoms with Crippen molar-refractivity contribution in [1.82, 2.24) is 10.2 Å². The van der Waals surface area contributed by atoms with Gasteiger partial charge in [0.25, 0.3) is 0 Å². The third-order valence-corrected chi connectivity index (χ3v) is 5.44. The highest BCUT2D eigenvalue weighted by molar-refractivity contribution is 7.99. The molecule has 0 aromatic heterocycles. The number of hydrogen-bond acceptors (Lipinski definition) is 3. The van der Waals surface area contributed by atoms with Gasteiger partial charge < -0.3 is 4.90 Å². The molecule has 0 bridgehead atoms. The van der Waals surface area contributed by atoms with Gasteiger partial charge in [0.1, 0.15) is 6.17 Å². The van der Waals surface area contributed by atoms with Crippen LogP contribution in [0.25, 0.3) is 0 Å². The van der Waals surface area contributed by atoms with Gasteiger partial charge in [-0.3, -0.25) is 10.1 Å². The second kappa shape index (κ2) is 6.01. The van der Waals surface area contributed by atoms with E-state index in [0.717, 1.165) is 6.54 Å². The Morgan fingerprint density at radius 1 is 1.33 bits per heavy atom. The Bertz CT molecular complexity index is 542. The zero-order valence-corrected chi connectivity index (χ0v) is 14.7. The lowest BCUT2D eigenvalue weighted by Crippen LogP contribution is -2.40. The summed E-state index contributed by atoms with van der Waals surface area (Å²) in [4.78, 5) is 14.5. The van der Waals surface area contributed by atoms with Crippen LogP contribution in [0.1, 0.15) is 43.6 Å². The van der Waals surface area contributed by atoms with Crippen LogP contribution in [0.3, 0.4) is 0 Å². The summed E-state index contributed by atoms with van der Waals surface area (Å²) in [6.45, 7) is 11.3. The molecule has 0 aliphatic carbocycles. The van der Waals surface area contributed by atoms with E-state index < -0.39 is 0 Å². The van der Waals surface area contributed by atoms with Crippen LogP contribution >= 0.6 is 11.8 Å². The van der Waals surface area contributed by atoms with Crippen LogP contribution in [0, 0.1) is 13.8 Å². The van der Waals surface area contributed by atoms with Crippen molar-refractivity contribution in [3.63, 3.8) is 0 Å².